The fraction of sp³-hybridized carbons (Fsp3) is 0.385. The van der Waals surface area contributed by atoms with Gasteiger partial charge in [-0.15, -0.1) is 0 Å². The molecule has 3 N–H and O–H groups in total. The van der Waals surface area contributed by atoms with Crippen molar-refractivity contribution in [1.29, 1.82) is 0 Å². The number of aliphatic imine (C=N–C) groups is 1. The third-order valence-corrected chi connectivity index (χ3v) is 3.23. The van der Waals surface area contributed by atoms with E-state index in [0.29, 0.717) is 22.7 Å². The van der Waals surface area contributed by atoms with Crippen molar-refractivity contribution in [2.45, 2.75) is 20.0 Å². The summed E-state index contributed by atoms with van der Waals surface area (Å²) < 4.78 is 33.5. The Labute approximate surface area is 129 Å². The summed E-state index contributed by atoms with van der Waals surface area (Å²) in [6.45, 7) is 3.65. The number of alkyl halides is 3. The molecular formula is C13H15F3N4O3. The third kappa shape index (κ3) is 3.41. The SMILES string of the molecule is CN=C1C(C)=C(N)C(=O)c2c1nc(C)n2C.O=C(O)C(F)(F)F. The Morgan fingerprint density at radius 1 is 1.35 bits per heavy atom. The molecule has 7 nitrogen and oxygen atoms in total. The van der Waals surface area contributed by atoms with E-state index in [1.165, 1.54) is 0 Å². The maximum absolute atomic E-state index is 12.0. The van der Waals surface area contributed by atoms with Crippen LogP contribution in [0.2, 0.25) is 0 Å². The Bertz CT molecular complexity index is 730. The molecule has 0 radical (unpaired) electrons. The van der Waals surface area contributed by atoms with Gasteiger partial charge in [0.15, 0.2) is 0 Å². The largest absolute Gasteiger partial charge is 0.490 e. The Kier molecular flexibility index (Phi) is 4.98. The molecule has 126 valence electrons. The van der Waals surface area contributed by atoms with Gasteiger partial charge in [0.05, 0.1) is 11.4 Å². The zero-order valence-corrected chi connectivity index (χ0v) is 12.8. The van der Waals surface area contributed by atoms with E-state index in [0.717, 1.165) is 5.82 Å². The number of rotatable bonds is 0. The number of aryl methyl sites for hydroxylation is 1. The zero-order chi connectivity index (χ0) is 18.1. The maximum Gasteiger partial charge on any atom is 0.490 e. The van der Waals surface area contributed by atoms with Crippen molar-refractivity contribution in [3.63, 3.8) is 0 Å². The van der Waals surface area contributed by atoms with Crippen LogP contribution in [0.1, 0.15) is 28.9 Å². The van der Waals surface area contributed by atoms with Crippen LogP contribution in [0, 0.1) is 6.92 Å². The Morgan fingerprint density at radius 3 is 2.22 bits per heavy atom. The molecule has 0 atom stereocenters. The smallest absolute Gasteiger partial charge is 0.475 e. The van der Waals surface area contributed by atoms with Gasteiger partial charge < -0.3 is 15.4 Å². The lowest BCUT2D eigenvalue weighted by molar-refractivity contribution is -0.192. The van der Waals surface area contributed by atoms with Gasteiger partial charge in [-0.3, -0.25) is 9.79 Å². The van der Waals surface area contributed by atoms with Crippen molar-refractivity contribution < 1.29 is 27.9 Å². The number of nitrogens with two attached hydrogens (primary N) is 1. The van der Waals surface area contributed by atoms with Gasteiger partial charge in [-0.1, -0.05) is 0 Å². The number of carboxylic acids is 1. The number of imidazole rings is 1. The van der Waals surface area contributed by atoms with Gasteiger partial charge in [-0.2, -0.15) is 13.2 Å². The fourth-order valence-electron chi connectivity index (χ4n) is 1.91. The lowest BCUT2D eigenvalue weighted by atomic mass is 9.95. The quantitative estimate of drug-likeness (QED) is 0.742. The number of carbonyl (C=O) groups excluding carboxylic acids is 1. The van der Waals surface area contributed by atoms with E-state index < -0.39 is 12.1 Å². The molecule has 1 aromatic rings. The van der Waals surface area contributed by atoms with Gasteiger partial charge in [0.1, 0.15) is 17.2 Å². The summed E-state index contributed by atoms with van der Waals surface area (Å²) in [6, 6.07) is 0. The number of hydrogen-bond acceptors (Lipinski definition) is 5. The molecule has 0 bridgehead atoms. The van der Waals surface area contributed by atoms with E-state index in [-0.39, 0.29) is 11.5 Å². The minimum absolute atomic E-state index is 0.164. The fourth-order valence-corrected chi connectivity index (χ4v) is 1.91. The monoisotopic (exact) mass is 332 g/mol. The summed E-state index contributed by atoms with van der Waals surface area (Å²) in [7, 11) is 3.48. The second kappa shape index (κ2) is 6.23. The predicted molar refractivity (Wildman–Crippen MR) is 75.3 cm³/mol. The number of aliphatic carboxylic acids is 1. The third-order valence-electron chi connectivity index (χ3n) is 3.23. The maximum atomic E-state index is 12.0. The van der Waals surface area contributed by atoms with Gasteiger partial charge in [0.2, 0.25) is 5.78 Å². The van der Waals surface area contributed by atoms with Crippen LogP contribution in [0.4, 0.5) is 13.2 Å². The van der Waals surface area contributed by atoms with Crippen LogP contribution >= 0.6 is 0 Å². The molecule has 0 fully saturated rings. The van der Waals surface area contributed by atoms with Crippen LogP contribution < -0.4 is 5.73 Å². The van der Waals surface area contributed by atoms with E-state index in [2.05, 4.69) is 9.98 Å². The number of fused-ring (bicyclic) bond motifs is 1. The molecule has 1 aliphatic rings. The molecule has 10 heteroatoms. The molecule has 2 rings (SSSR count). The highest BCUT2D eigenvalue weighted by atomic mass is 19.4. The molecule has 1 aromatic heterocycles. The second-order valence-corrected chi connectivity index (χ2v) is 4.66. The zero-order valence-electron chi connectivity index (χ0n) is 12.8. The van der Waals surface area contributed by atoms with Crippen molar-refractivity contribution in [2.75, 3.05) is 7.05 Å². The first-order valence-corrected chi connectivity index (χ1v) is 6.25. The standard InChI is InChI=1S/C11H14N4O.C2HF3O2/c1-5-7(12)11(16)10-9(8(5)13-3)14-6(2)15(10)4;3-2(4,5)1(6)7/h12H2,1-4H3;(H,6,7). The molecule has 0 aromatic carbocycles. The Balaban J connectivity index is 0.000000322. The van der Waals surface area contributed by atoms with Crippen molar-refractivity contribution in [2.24, 2.45) is 17.8 Å². The number of nitrogens with zero attached hydrogens (tertiary/aromatic N) is 3. The topological polar surface area (TPSA) is 111 Å². The number of aromatic nitrogens is 2. The summed E-state index contributed by atoms with van der Waals surface area (Å²) in [4.78, 5) is 29.4. The predicted octanol–water partition coefficient (Wildman–Crippen LogP) is 1.21. The molecular weight excluding hydrogens is 317 g/mol. The van der Waals surface area contributed by atoms with Gasteiger partial charge in [0.25, 0.3) is 0 Å². The van der Waals surface area contributed by atoms with Gasteiger partial charge in [-0.25, -0.2) is 9.78 Å². The van der Waals surface area contributed by atoms with Crippen molar-refractivity contribution >= 4 is 17.5 Å². The van der Waals surface area contributed by atoms with Crippen LogP contribution in [0.3, 0.4) is 0 Å². The first-order valence-electron chi connectivity index (χ1n) is 6.25. The molecule has 0 amide bonds. The van der Waals surface area contributed by atoms with Gasteiger partial charge >= 0.3 is 12.1 Å². The number of halogens is 3. The van der Waals surface area contributed by atoms with Crippen molar-refractivity contribution in [3.8, 4) is 0 Å². The highest BCUT2D eigenvalue weighted by molar-refractivity contribution is 6.26. The lowest BCUT2D eigenvalue weighted by Gasteiger charge is -2.15. The number of hydrogen-bond donors (Lipinski definition) is 2. The summed E-state index contributed by atoms with van der Waals surface area (Å²) in [5, 5.41) is 7.12. The van der Waals surface area contributed by atoms with Crippen molar-refractivity contribution in [1.82, 2.24) is 9.55 Å². The summed E-state index contributed by atoms with van der Waals surface area (Å²) in [6.07, 6.45) is -5.08. The lowest BCUT2D eigenvalue weighted by Crippen LogP contribution is -2.27. The highest BCUT2D eigenvalue weighted by Crippen LogP contribution is 2.24. The number of Topliss-reactive ketones (excluding diaryl/α,β-unsaturated/α-hetero) is 1. The molecule has 0 unspecified atom stereocenters. The van der Waals surface area contributed by atoms with Gasteiger partial charge in [-0.05, 0) is 13.8 Å². The Morgan fingerprint density at radius 2 is 1.83 bits per heavy atom. The van der Waals surface area contributed by atoms with Crippen LogP contribution in [0.25, 0.3) is 0 Å². The molecule has 23 heavy (non-hydrogen) atoms. The molecule has 0 saturated carbocycles. The Hall–Kier alpha value is -2.65. The van der Waals surface area contributed by atoms with Gasteiger partial charge in [0, 0.05) is 19.7 Å². The van der Waals surface area contributed by atoms with Crippen molar-refractivity contribution in [3.05, 3.63) is 28.5 Å². The van der Waals surface area contributed by atoms with E-state index >= 15 is 0 Å². The van der Waals surface area contributed by atoms with Crippen LogP contribution in [0.15, 0.2) is 16.3 Å². The van der Waals surface area contributed by atoms with E-state index in [4.69, 9.17) is 15.6 Å². The average molecular weight is 332 g/mol. The summed E-state index contributed by atoms with van der Waals surface area (Å²) in [5.41, 5.74) is 8.63. The van der Waals surface area contributed by atoms with E-state index in [1.807, 2.05) is 6.92 Å². The normalized spacial score (nSPS) is 16.1. The van der Waals surface area contributed by atoms with Crippen LogP contribution in [-0.4, -0.2) is 45.3 Å². The minimum atomic E-state index is -5.08. The molecule has 0 saturated heterocycles. The number of allylic oxidation sites excluding steroid dienone is 2. The molecule has 0 aliphatic heterocycles. The highest BCUT2D eigenvalue weighted by Gasteiger charge is 2.38. The average Bonchev–Trinajstić information content (AvgIpc) is 2.72. The summed E-state index contributed by atoms with van der Waals surface area (Å²) in [5.74, 6) is -2.14. The number of carbonyl (C=O) groups is 2. The number of ketones is 1. The molecule has 1 aliphatic carbocycles. The number of carboxylic acid groups (broad SMARTS) is 1. The second-order valence-electron chi connectivity index (χ2n) is 4.66. The van der Waals surface area contributed by atoms with Crippen LogP contribution in [0.5, 0.6) is 0 Å². The first-order chi connectivity index (χ1) is 10.4. The molecule has 0 spiro atoms. The van der Waals surface area contributed by atoms with E-state index in [1.54, 1.807) is 25.6 Å². The summed E-state index contributed by atoms with van der Waals surface area (Å²) >= 11 is 0. The molecule has 1 heterocycles. The first kappa shape index (κ1) is 18.4. The van der Waals surface area contributed by atoms with Crippen LogP contribution in [-0.2, 0) is 11.8 Å². The van der Waals surface area contributed by atoms with E-state index in [9.17, 15) is 18.0 Å². The minimum Gasteiger partial charge on any atom is -0.475 e.